The number of thiazole rings is 1. The highest BCUT2D eigenvalue weighted by molar-refractivity contribution is 7.16. The third kappa shape index (κ3) is 4.97. The van der Waals surface area contributed by atoms with Crippen LogP contribution in [0.4, 0.5) is 5.13 Å². The van der Waals surface area contributed by atoms with E-state index in [1.54, 1.807) is 18.2 Å². The van der Waals surface area contributed by atoms with Crippen molar-refractivity contribution in [3.63, 3.8) is 0 Å². The number of carbonyl (C=O) groups is 1. The molecule has 1 saturated heterocycles. The molecule has 0 radical (unpaired) electrons. The molecule has 1 fully saturated rings. The Morgan fingerprint density at radius 2 is 1.90 bits per heavy atom. The Bertz CT molecular complexity index is 1000. The molecule has 0 saturated carbocycles. The summed E-state index contributed by atoms with van der Waals surface area (Å²) >= 11 is 13.7. The molecule has 5 nitrogen and oxygen atoms in total. The van der Waals surface area contributed by atoms with Crippen molar-refractivity contribution < 1.29 is 9.53 Å². The lowest BCUT2D eigenvalue weighted by Crippen LogP contribution is -2.35. The van der Waals surface area contributed by atoms with Crippen LogP contribution in [0, 0.1) is 0 Å². The number of halogens is 2. The van der Waals surface area contributed by atoms with Crippen LogP contribution in [-0.2, 0) is 11.3 Å². The van der Waals surface area contributed by atoms with Crippen LogP contribution in [-0.4, -0.2) is 42.1 Å². The van der Waals surface area contributed by atoms with Gasteiger partial charge in [0.05, 0.1) is 29.5 Å². The van der Waals surface area contributed by atoms with E-state index in [1.165, 1.54) is 11.3 Å². The SMILES string of the molecule is O=C(Nc1nc(-c2ccccc2)c(CN2CCOCC2)s1)c1cc(Cl)ccc1Cl. The van der Waals surface area contributed by atoms with Gasteiger partial charge in [-0.15, -0.1) is 0 Å². The maximum absolute atomic E-state index is 12.7. The van der Waals surface area contributed by atoms with Crippen molar-refractivity contribution in [2.75, 3.05) is 31.6 Å². The number of amides is 1. The lowest BCUT2D eigenvalue weighted by Gasteiger charge is -2.26. The molecule has 1 aliphatic rings. The quantitative estimate of drug-likeness (QED) is 0.583. The number of nitrogens with one attached hydrogen (secondary N) is 1. The molecule has 0 atom stereocenters. The zero-order chi connectivity index (χ0) is 20.2. The highest BCUT2D eigenvalue weighted by atomic mass is 35.5. The molecule has 150 valence electrons. The third-order valence-corrected chi connectivity index (χ3v) is 6.13. The first-order chi connectivity index (χ1) is 14.1. The number of hydrogen-bond donors (Lipinski definition) is 1. The molecular weight excluding hydrogens is 429 g/mol. The van der Waals surface area contributed by atoms with E-state index in [0.717, 1.165) is 49.0 Å². The lowest BCUT2D eigenvalue weighted by atomic mass is 10.1. The number of morpholine rings is 1. The Hall–Kier alpha value is -1.96. The van der Waals surface area contributed by atoms with Gasteiger partial charge in [0.25, 0.3) is 5.91 Å². The molecule has 8 heteroatoms. The minimum absolute atomic E-state index is 0.324. The Kier molecular flexibility index (Phi) is 6.47. The zero-order valence-electron chi connectivity index (χ0n) is 15.5. The fraction of sp³-hybridized carbons (Fsp3) is 0.238. The van der Waals surface area contributed by atoms with Crippen molar-refractivity contribution in [2.24, 2.45) is 0 Å². The van der Waals surface area contributed by atoms with Gasteiger partial charge in [0.2, 0.25) is 0 Å². The Labute approximate surface area is 183 Å². The van der Waals surface area contributed by atoms with Crippen LogP contribution in [0.2, 0.25) is 10.0 Å². The van der Waals surface area contributed by atoms with Crippen molar-refractivity contribution in [3.8, 4) is 11.3 Å². The van der Waals surface area contributed by atoms with E-state index in [1.807, 2.05) is 30.3 Å². The van der Waals surface area contributed by atoms with Crippen LogP contribution in [0.15, 0.2) is 48.5 Å². The highest BCUT2D eigenvalue weighted by Gasteiger charge is 2.20. The largest absolute Gasteiger partial charge is 0.379 e. The first-order valence-corrected chi connectivity index (χ1v) is 10.8. The summed E-state index contributed by atoms with van der Waals surface area (Å²) in [5.41, 5.74) is 2.23. The van der Waals surface area contributed by atoms with Crippen LogP contribution in [0.1, 0.15) is 15.2 Å². The van der Waals surface area contributed by atoms with Crippen LogP contribution in [0.25, 0.3) is 11.3 Å². The number of carbonyl (C=O) groups excluding carboxylic acids is 1. The molecular formula is C21H19Cl2N3O2S. The summed E-state index contributed by atoms with van der Waals surface area (Å²) < 4.78 is 5.45. The monoisotopic (exact) mass is 447 g/mol. The van der Waals surface area contributed by atoms with Crippen LogP contribution in [0.3, 0.4) is 0 Å². The van der Waals surface area contributed by atoms with E-state index in [9.17, 15) is 4.79 Å². The Morgan fingerprint density at radius 1 is 1.14 bits per heavy atom. The van der Waals surface area contributed by atoms with Crippen LogP contribution >= 0.6 is 34.5 Å². The van der Waals surface area contributed by atoms with Crippen LogP contribution in [0.5, 0.6) is 0 Å². The third-order valence-electron chi connectivity index (χ3n) is 4.61. The molecule has 2 aromatic carbocycles. The first kappa shape index (κ1) is 20.3. The van der Waals surface area contributed by atoms with Gasteiger partial charge in [-0.1, -0.05) is 64.9 Å². The lowest BCUT2D eigenvalue weighted by molar-refractivity contribution is 0.0347. The van der Waals surface area contributed by atoms with E-state index in [0.29, 0.717) is 20.7 Å². The minimum atomic E-state index is -0.330. The fourth-order valence-corrected chi connectivity index (χ4v) is 4.53. The topological polar surface area (TPSA) is 54.5 Å². The smallest absolute Gasteiger partial charge is 0.259 e. The van der Waals surface area contributed by atoms with Gasteiger partial charge in [0.15, 0.2) is 5.13 Å². The Balaban J connectivity index is 1.61. The van der Waals surface area contributed by atoms with E-state index in [-0.39, 0.29) is 5.91 Å². The average molecular weight is 448 g/mol. The van der Waals surface area contributed by atoms with Gasteiger partial charge in [-0.05, 0) is 18.2 Å². The van der Waals surface area contributed by atoms with Crippen molar-refractivity contribution in [1.29, 1.82) is 0 Å². The van der Waals surface area contributed by atoms with Crippen molar-refractivity contribution >= 4 is 45.6 Å². The molecule has 1 aromatic heterocycles. The van der Waals surface area contributed by atoms with E-state index in [2.05, 4.69) is 10.2 Å². The van der Waals surface area contributed by atoms with Gasteiger partial charge in [-0.25, -0.2) is 4.98 Å². The molecule has 0 unspecified atom stereocenters. The number of hydrogen-bond acceptors (Lipinski definition) is 5. The number of nitrogens with zero attached hydrogens (tertiary/aromatic N) is 2. The molecule has 0 aliphatic carbocycles. The summed E-state index contributed by atoms with van der Waals surface area (Å²) in [6, 6.07) is 14.8. The van der Waals surface area contributed by atoms with Crippen molar-refractivity contribution in [3.05, 3.63) is 69.0 Å². The van der Waals surface area contributed by atoms with Gasteiger partial charge in [0.1, 0.15) is 0 Å². The standard InChI is InChI=1S/C21H19Cl2N3O2S/c22-15-6-7-17(23)16(12-15)20(27)25-21-24-19(14-4-2-1-3-5-14)18(29-21)13-26-8-10-28-11-9-26/h1-7,12H,8-11,13H2,(H,24,25,27). The van der Waals surface area contributed by atoms with E-state index >= 15 is 0 Å². The summed E-state index contributed by atoms with van der Waals surface area (Å²) in [5, 5.41) is 4.21. The summed E-state index contributed by atoms with van der Waals surface area (Å²) in [6.07, 6.45) is 0. The fourth-order valence-electron chi connectivity index (χ4n) is 3.13. The number of ether oxygens (including phenoxy) is 1. The Morgan fingerprint density at radius 3 is 2.66 bits per heavy atom. The second kappa shape index (κ2) is 9.24. The maximum Gasteiger partial charge on any atom is 0.259 e. The summed E-state index contributed by atoms with van der Waals surface area (Å²) in [5.74, 6) is -0.330. The molecule has 29 heavy (non-hydrogen) atoms. The predicted molar refractivity (Wildman–Crippen MR) is 118 cm³/mol. The molecule has 4 rings (SSSR count). The van der Waals surface area contributed by atoms with Crippen molar-refractivity contribution in [2.45, 2.75) is 6.54 Å². The first-order valence-electron chi connectivity index (χ1n) is 9.22. The molecule has 1 N–H and O–H groups in total. The minimum Gasteiger partial charge on any atom is -0.379 e. The average Bonchev–Trinajstić information content (AvgIpc) is 3.13. The summed E-state index contributed by atoms with van der Waals surface area (Å²) in [6.45, 7) is 3.99. The van der Waals surface area contributed by atoms with E-state index in [4.69, 9.17) is 32.9 Å². The second-order valence-electron chi connectivity index (χ2n) is 6.62. The van der Waals surface area contributed by atoms with Crippen molar-refractivity contribution in [1.82, 2.24) is 9.88 Å². The summed E-state index contributed by atoms with van der Waals surface area (Å²) in [4.78, 5) is 20.9. The van der Waals surface area contributed by atoms with Gasteiger partial charge in [0, 0.05) is 35.1 Å². The van der Waals surface area contributed by atoms with Crippen LogP contribution < -0.4 is 5.32 Å². The number of benzene rings is 2. The number of anilines is 1. The summed E-state index contributed by atoms with van der Waals surface area (Å²) in [7, 11) is 0. The molecule has 1 amide bonds. The highest BCUT2D eigenvalue weighted by Crippen LogP contribution is 2.33. The normalized spacial score (nSPS) is 14.7. The van der Waals surface area contributed by atoms with Gasteiger partial charge in [-0.3, -0.25) is 15.0 Å². The second-order valence-corrected chi connectivity index (χ2v) is 8.55. The van der Waals surface area contributed by atoms with E-state index < -0.39 is 0 Å². The predicted octanol–water partition coefficient (Wildman–Crippen LogP) is 5.20. The molecule has 0 bridgehead atoms. The molecule has 2 heterocycles. The van der Waals surface area contributed by atoms with Gasteiger partial charge < -0.3 is 4.74 Å². The molecule has 1 aliphatic heterocycles. The molecule has 3 aromatic rings. The zero-order valence-corrected chi connectivity index (χ0v) is 17.9. The maximum atomic E-state index is 12.7. The number of rotatable bonds is 5. The number of aromatic nitrogens is 1. The van der Waals surface area contributed by atoms with Gasteiger partial charge >= 0.3 is 0 Å². The molecule has 0 spiro atoms. The van der Waals surface area contributed by atoms with Gasteiger partial charge in [-0.2, -0.15) is 0 Å².